The zero-order chi connectivity index (χ0) is 26.2. The summed E-state index contributed by atoms with van der Waals surface area (Å²) in [5.41, 5.74) is 5.76. The SMILES string of the molecule is O=S(O)N1CCC(Cn2c(C3CCC3)nc3ccc(C(c4ccc(Cl)cc4)c4ccc(Cl)cc4)cc32)CC1. The maximum atomic E-state index is 11.5. The van der Waals surface area contributed by atoms with Gasteiger partial charge in [-0.15, -0.1) is 0 Å². The molecule has 0 amide bonds. The van der Waals surface area contributed by atoms with Crippen LogP contribution in [0, 0.1) is 5.92 Å². The first-order valence-electron chi connectivity index (χ1n) is 13.3. The third-order valence-corrected chi connectivity index (χ3v) is 9.56. The minimum Gasteiger partial charge on any atom is -0.327 e. The number of imidazole rings is 1. The van der Waals surface area contributed by atoms with E-state index in [1.54, 1.807) is 4.31 Å². The number of halogens is 2. The second-order valence-electron chi connectivity index (χ2n) is 10.6. The maximum Gasteiger partial charge on any atom is 0.234 e. The highest BCUT2D eigenvalue weighted by Gasteiger charge is 2.29. The normalized spacial score (nSPS) is 18.2. The second-order valence-corrected chi connectivity index (χ2v) is 12.4. The zero-order valence-electron chi connectivity index (χ0n) is 21.1. The van der Waals surface area contributed by atoms with E-state index in [9.17, 15) is 8.76 Å². The first-order chi connectivity index (χ1) is 18.5. The van der Waals surface area contributed by atoms with Gasteiger partial charge < -0.3 is 4.57 Å². The molecule has 1 saturated carbocycles. The van der Waals surface area contributed by atoms with E-state index in [0.717, 1.165) is 34.9 Å². The number of aromatic nitrogens is 2. The third kappa shape index (κ3) is 5.30. The summed E-state index contributed by atoms with van der Waals surface area (Å²) in [4.78, 5) is 5.14. The fraction of sp³-hybridized carbons (Fsp3) is 0.367. The lowest BCUT2D eigenvalue weighted by Gasteiger charge is -2.31. The average molecular weight is 569 g/mol. The maximum absolute atomic E-state index is 11.5. The van der Waals surface area contributed by atoms with Crippen molar-refractivity contribution in [2.75, 3.05) is 13.1 Å². The summed E-state index contributed by atoms with van der Waals surface area (Å²) < 4.78 is 25.1. The summed E-state index contributed by atoms with van der Waals surface area (Å²) in [5, 5.41) is 1.44. The zero-order valence-corrected chi connectivity index (χ0v) is 23.4. The highest BCUT2D eigenvalue weighted by molar-refractivity contribution is 7.76. The lowest BCUT2D eigenvalue weighted by Crippen LogP contribution is -2.36. The molecule has 0 spiro atoms. The first-order valence-corrected chi connectivity index (χ1v) is 15.1. The molecule has 5 nitrogen and oxygen atoms in total. The number of benzene rings is 3. The number of hydrogen-bond donors (Lipinski definition) is 1. The number of hydrogen-bond acceptors (Lipinski definition) is 2. The molecule has 1 unspecified atom stereocenters. The molecular weight excluding hydrogens is 537 g/mol. The molecule has 0 bridgehead atoms. The van der Waals surface area contributed by atoms with Crippen molar-refractivity contribution in [3.8, 4) is 0 Å². The van der Waals surface area contributed by atoms with Gasteiger partial charge in [-0.1, -0.05) is 60.0 Å². The molecule has 4 aromatic rings. The molecular formula is C30H31Cl2N3O2S. The number of rotatable bonds is 7. The van der Waals surface area contributed by atoms with Gasteiger partial charge in [-0.05, 0) is 84.7 Å². The fourth-order valence-electron chi connectivity index (χ4n) is 5.90. The van der Waals surface area contributed by atoms with Crippen LogP contribution in [0.3, 0.4) is 0 Å². The smallest absolute Gasteiger partial charge is 0.234 e. The topological polar surface area (TPSA) is 58.4 Å². The van der Waals surface area contributed by atoms with Crippen molar-refractivity contribution in [2.24, 2.45) is 5.92 Å². The van der Waals surface area contributed by atoms with Crippen molar-refractivity contribution in [3.63, 3.8) is 0 Å². The van der Waals surface area contributed by atoms with Gasteiger partial charge in [-0.25, -0.2) is 13.5 Å². The molecule has 1 aliphatic carbocycles. The van der Waals surface area contributed by atoms with Crippen molar-refractivity contribution >= 4 is 45.5 Å². The summed E-state index contributed by atoms with van der Waals surface area (Å²) in [6.07, 6.45) is 5.46. The minimum atomic E-state index is -1.88. The van der Waals surface area contributed by atoms with Crippen LogP contribution in [-0.4, -0.2) is 35.7 Å². The average Bonchev–Trinajstić information content (AvgIpc) is 3.22. The predicted octanol–water partition coefficient (Wildman–Crippen LogP) is 7.64. The van der Waals surface area contributed by atoms with E-state index in [1.807, 2.05) is 24.3 Å². The third-order valence-electron chi connectivity index (χ3n) is 8.25. The van der Waals surface area contributed by atoms with E-state index < -0.39 is 11.3 Å². The predicted molar refractivity (Wildman–Crippen MR) is 155 cm³/mol. The fourth-order valence-corrected chi connectivity index (χ4v) is 6.68. The van der Waals surface area contributed by atoms with Gasteiger partial charge in [0.1, 0.15) is 5.82 Å². The molecule has 2 heterocycles. The Morgan fingerprint density at radius 1 is 0.868 bits per heavy atom. The Balaban J connectivity index is 1.41. The summed E-state index contributed by atoms with van der Waals surface area (Å²) in [5.74, 6) is 2.20. The van der Waals surface area contributed by atoms with Crippen LogP contribution in [0.15, 0.2) is 66.7 Å². The molecule has 2 fully saturated rings. The van der Waals surface area contributed by atoms with Gasteiger partial charge >= 0.3 is 0 Å². The molecule has 8 heteroatoms. The highest BCUT2D eigenvalue weighted by Crippen LogP contribution is 2.40. The Hall–Kier alpha value is -2.22. The molecule has 6 rings (SSSR count). The molecule has 198 valence electrons. The summed E-state index contributed by atoms with van der Waals surface area (Å²) >= 11 is 10.6. The molecule has 0 radical (unpaired) electrons. The van der Waals surface area contributed by atoms with Gasteiger partial charge in [-0.2, -0.15) is 0 Å². The lowest BCUT2D eigenvalue weighted by atomic mass is 9.84. The van der Waals surface area contributed by atoms with Gasteiger partial charge in [0.25, 0.3) is 0 Å². The number of nitrogens with zero attached hydrogens (tertiary/aromatic N) is 3. The van der Waals surface area contributed by atoms with Crippen molar-refractivity contribution in [1.29, 1.82) is 0 Å². The van der Waals surface area contributed by atoms with E-state index in [0.29, 0.717) is 24.9 Å². The van der Waals surface area contributed by atoms with Crippen molar-refractivity contribution < 1.29 is 8.76 Å². The van der Waals surface area contributed by atoms with Crippen molar-refractivity contribution in [2.45, 2.75) is 50.5 Å². The van der Waals surface area contributed by atoms with E-state index >= 15 is 0 Å². The molecule has 38 heavy (non-hydrogen) atoms. The molecule has 1 atom stereocenters. The summed E-state index contributed by atoms with van der Waals surface area (Å²) in [6, 6.07) is 22.9. The van der Waals surface area contributed by atoms with Gasteiger partial charge in [0.2, 0.25) is 11.3 Å². The lowest BCUT2D eigenvalue weighted by molar-refractivity contribution is 0.247. The van der Waals surface area contributed by atoms with Crippen LogP contribution in [-0.2, 0) is 17.8 Å². The number of fused-ring (bicyclic) bond motifs is 1. The minimum absolute atomic E-state index is 0.0345. The van der Waals surface area contributed by atoms with Crippen LogP contribution in [0.5, 0.6) is 0 Å². The van der Waals surface area contributed by atoms with Gasteiger partial charge in [-0.3, -0.25) is 4.55 Å². The Labute approximate surface area is 236 Å². The Morgan fingerprint density at radius 3 is 1.97 bits per heavy atom. The van der Waals surface area contributed by atoms with Crippen LogP contribution >= 0.6 is 23.2 Å². The molecule has 1 saturated heterocycles. The molecule has 2 aliphatic rings. The Morgan fingerprint density at radius 2 is 1.45 bits per heavy atom. The van der Waals surface area contributed by atoms with Gasteiger partial charge in [0, 0.05) is 41.5 Å². The van der Waals surface area contributed by atoms with Gasteiger partial charge in [0.15, 0.2) is 0 Å². The van der Waals surface area contributed by atoms with Crippen molar-refractivity contribution in [3.05, 3.63) is 99.3 Å². The van der Waals surface area contributed by atoms with Crippen LogP contribution in [0.1, 0.15) is 66.5 Å². The van der Waals surface area contributed by atoms with E-state index in [-0.39, 0.29) is 5.92 Å². The molecule has 1 N–H and O–H groups in total. The largest absolute Gasteiger partial charge is 0.327 e. The monoisotopic (exact) mass is 567 g/mol. The standard InChI is InChI=1S/C30H31Cl2N3O2S/c31-25-9-4-21(5-10-25)29(22-6-11-26(32)12-7-22)24-8-13-27-28(18-24)35(30(33-27)23-2-1-3-23)19-20-14-16-34(17-15-20)38(36)37/h4-13,18,20,23,29H,1-3,14-17,19H2,(H,36,37). The molecule has 3 aromatic carbocycles. The van der Waals surface area contributed by atoms with Crippen LogP contribution in [0.25, 0.3) is 11.0 Å². The summed E-state index contributed by atoms with van der Waals surface area (Å²) in [7, 11) is 0. The van der Waals surface area contributed by atoms with E-state index in [4.69, 9.17) is 28.2 Å². The Bertz CT molecular complexity index is 1400. The van der Waals surface area contributed by atoms with Crippen LogP contribution < -0.4 is 0 Å². The van der Waals surface area contributed by atoms with Crippen molar-refractivity contribution in [1.82, 2.24) is 13.9 Å². The molecule has 1 aliphatic heterocycles. The number of piperidine rings is 1. The van der Waals surface area contributed by atoms with Crippen LogP contribution in [0.4, 0.5) is 0 Å². The Kier molecular flexibility index (Phi) is 7.61. The second kappa shape index (κ2) is 11.1. The quantitative estimate of drug-likeness (QED) is 0.184. The van der Waals surface area contributed by atoms with E-state index in [1.165, 1.54) is 47.3 Å². The van der Waals surface area contributed by atoms with Crippen LogP contribution in [0.2, 0.25) is 10.0 Å². The van der Waals surface area contributed by atoms with Gasteiger partial charge in [0.05, 0.1) is 11.0 Å². The first kappa shape index (κ1) is 26.0. The van der Waals surface area contributed by atoms with E-state index in [2.05, 4.69) is 47.0 Å². The summed E-state index contributed by atoms with van der Waals surface area (Å²) in [6.45, 7) is 2.20. The highest BCUT2D eigenvalue weighted by atomic mass is 35.5. The molecule has 1 aromatic heterocycles.